The standard InChI is InChI=1S/C10H13ClFNO/c1-14-7-3-6-13-9-5-2-4-8(11)10(9)12/h2,4-5,13H,3,6-7H2,1H3. The van der Waals surface area contributed by atoms with Crippen molar-refractivity contribution in [3.63, 3.8) is 0 Å². The Bertz CT molecular complexity index is 293. The average molecular weight is 218 g/mol. The van der Waals surface area contributed by atoms with Crippen LogP contribution in [0, 0.1) is 5.82 Å². The highest BCUT2D eigenvalue weighted by atomic mass is 35.5. The minimum atomic E-state index is -0.397. The fourth-order valence-electron chi connectivity index (χ4n) is 1.08. The van der Waals surface area contributed by atoms with Crippen molar-refractivity contribution in [1.82, 2.24) is 0 Å². The highest BCUT2D eigenvalue weighted by molar-refractivity contribution is 6.31. The van der Waals surface area contributed by atoms with E-state index in [0.29, 0.717) is 18.8 Å². The predicted molar refractivity (Wildman–Crippen MR) is 56.4 cm³/mol. The first-order chi connectivity index (χ1) is 6.75. The van der Waals surface area contributed by atoms with Gasteiger partial charge in [-0.2, -0.15) is 0 Å². The van der Waals surface area contributed by atoms with Gasteiger partial charge in [-0.05, 0) is 18.6 Å². The summed E-state index contributed by atoms with van der Waals surface area (Å²) >= 11 is 5.61. The Labute approximate surface area is 88.0 Å². The number of ether oxygens (including phenoxy) is 1. The molecule has 14 heavy (non-hydrogen) atoms. The van der Waals surface area contributed by atoms with Gasteiger partial charge in [-0.3, -0.25) is 0 Å². The van der Waals surface area contributed by atoms with Crippen LogP contribution in [-0.2, 0) is 4.74 Å². The number of halogens is 2. The number of rotatable bonds is 5. The van der Waals surface area contributed by atoms with Crippen molar-refractivity contribution in [1.29, 1.82) is 0 Å². The third-order valence-electron chi connectivity index (χ3n) is 1.79. The van der Waals surface area contributed by atoms with E-state index in [1.165, 1.54) is 6.07 Å². The summed E-state index contributed by atoms with van der Waals surface area (Å²) in [5.74, 6) is -0.397. The predicted octanol–water partition coefficient (Wildman–Crippen LogP) is 2.93. The molecule has 0 aliphatic carbocycles. The van der Waals surface area contributed by atoms with Crippen LogP contribution in [0.25, 0.3) is 0 Å². The molecule has 0 unspecified atom stereocenters. The zero-order valence-electron chi connectivity index (χ0n) is 8.02. The molecule has 0 bridgehead atoms. The van der Waals surface area contributed by atoms with Gasteiger partial charge in [-0.15, -0.1) is 0 Å². The van der Waals surface area contributed by atoms with Gasteiger partial charge in [0.25, 0.3) is 0 Å². The number of benzene rings is 1. The summed E-state index contributed by atoms with van der Waals surface area (Å²) in [6.07, 6.45) is 0.836. The lowest BCUT2D eigenvalue weighted by Gasteiger charge is -2.07. The molecule has 1 aromatic rings. The van der Waals surface area contributed by atoms with E-state index in [1.807, 2.05) is 0 Å². The first-order valence-corrected chi connectivity index (χ1v) is 4.80. The number of hydrogen-bond donors (Lipinski definition) is 1. The van der Waals surface area contributed by atoms with Crippen LogP contribution in [0.1, 0.15) is 6.42 Å². The fraction of sp³-hybridized carbons (Fsp3) is 0.400. The quantitative estimate of drug-likeness (QED) is 0.766. The van der Waals surface area contributed by atoms with Crippen molar-refractivity contribution in [2.24, 2.45) is 0 Å². The van der Waals surface area contributed by atoms with Crippen LogP contribution in [0.2, 0.25) is 5.02 Å². The Kier molecular flexibility index (Phi) is 4.70. The van der Waals surface area contributed by atoms with E-state index >= 15 is 0 Å². The van der Waals surface area contributed by atoms with Gasteiger partial charge in [0, 0.05) is 20.3 Å². The Balaban J connectivity index is 2.46. The van der Waals surface area contributed by atoms with Crippen molar-refractivity contribution < 1.29 is 9.13 Å². The van der Waals surface area contributed by atoms with Crippen molar-refractivity contribution in [3.8, 4) is 0 Å². The minimum Gasteiger partial charge on any atom is -0.385 e. The molecule has 78 valence electrons. The molecule has 1 aromatic carbocycles. The Hall–Kier alpha value is -0.800. The molecule has 1 N–H and O–H groups in total. The van der Waals surface area contributed by atoms with E-state index in [2.05, 4.69) is 5.32 Å². The second-order valence-corrected chi connectivity index (χ2v) is 3.28. The van der Waals surface area contributed by atoms with Crippen molar-refractivity contribution in [2.45, 2.75) is 6.42 Å². The number of hydrogen-bond acceptors (Lipinski definition) is 2. The molecule has 0 spiro atoms. The van der Waals surface area contributed by atoms with Crippen LogP contribution in [0.4, 0.5) is 10.1 Å². The Morgan fingerprint density at radius 3 is 3.00 bits per heavy atom. The molecular formula is C10H13ClFNO. The number of anilines is 1. The minimum absolute atomic E-state index is 0.141. The van der Waals surface area contributed by atoms with Crippen molar-refractivity contribution in [2.75, 3.05) is 25.6 Å². The summed E-state index contributed by atoms with van der Waals surface area (Å²) in [7, 11) is 1.64. The molecule has 4 heteroatoms. The Morgan fingerprint density at radius 2 is 2.29 bits per heavy atom. The SMILES string of the molecule is COCCCNc1cccc(Cl)c1F. The van der Waals surface area contributed by atoms with Crippen LogP contribution >= 0.6 is 11.6 Å². The molecule has 0 fully saturated rings. The van der Waals surface area contributed by atoms with Crippen molar-refractivity contribution >= 4 is 17.3 Å². The van der Waals surface area contributed by atoms with E-state index in [4.69, 9.17) is 16.3 Å². The molecule has 0 radical (unpaired) electrons. The molecule has 0 aliphatic rings. The highest BCUT2D eigenvalue weighted by Crippen LogP contribution is 2.21. The molecule has 1 rings (SSSR count). The molecule has 0 heterocycles. The van der Waals surface area contributed by atoms with Crippen molar-refractivity contribution in [3.05, 3.63) is 29.0 Å². The van der Waals surface area contributed by atoms with E-state index in [1.54, 1.807) is 19.2 Å². The smallest absolute Gasteiger partial charge is 0.164 e. The van der Waals surface area contributed by atoms with Crippen LogP contribution in [0.5, 0.6) is 0 Å². The zero-order valence-corrected chi connectivity index (χ0v) is 8.77. The van der Waals surface area contributed by atoms with E-state index in [-0.39, 0.29) is 5.02 Å². The normalized spacial score (nSPS) is 10.2. The molecule has 0 amide bonds. The molecule has 0 saturated carbocycles. The molecule has 0 aliphatic heterocycles. The van der Waals surface area contributed by atoms with Crippen LogP contribution in [-0.4, -0.2) is 20.3 Å². The third kappa shape index (κ3) is 3.16. The topological polar surface area (TPSA) is 21.3 Å². The van der Waals surface area contributed by atoms with Crippen LogP contribution in [0.3, 0.4) is 0 Å². The summed E-state index contributed by atoms with van der Waals surface area (Å²) in [4.78, 5) is 0. The molecule has 2 nitrogen and oxygen atoms in total. The Morgan fingerprint density at radius 1 is 1.50 bits per heavy atom. The summed E-state index contributed by atoms with van der Waals surface area (Å²) in [5, 5.41) is 3.09. The first kappa shape index (κ1) is 11.3. The lowest BCUT2D eigenvalue weighted by atomic mass is 10.3. The van der Waals surface area contributed by atoms with Gasteiger partial charge in [0.05, 0.1) is 10.7 Å². The number of methoxy groups -OCH3 is 1. The van der Waals surface area contributed by atoms with E-state index in [9.17, 15) is 4.39 Å². The van der Waals surface area contributed by atoms with E-state index in [0.717, 1.165) is 6.42 Å². The van der Waals surface area contributed by atoms with Crippen LogP contribution < -0.4 is 5.32 Å². The number of nitrogens with one attached hydrogen (secondary N) is 1. The second kappa shape index (κ2) is 5.83. The average Bonchev–Trinajstić information content (AvgIpc) is 2.19. The summed E-state index contributed by atoms with van der Waals surface area (Å²) < 4.78 is 18.2. The van der Waals surface area contributed by atoms with Gasteiger partial charge < -0.3 is 10.1 Å². The third-order valence-corrected chi connectivity index (χ3v) is 2.08. The molecule has 0 aromatic heterocycles. The van der Waals surface area contributed by atoms with Gasteiger partial charge in [0.1, 0.15) is 0 Å². The van der Waals surface area contributed by atoms with Gasteiger partial charge in [0.2, 0.25) is 0 Å². The largest absolute Gasteiger partial charge is 0.385 e. The maximum absolute atomic E-state index is 13.3. The summed E-state index contributed by atoms with van der Waals surface area (Å²) in [6, 6.07) is 4.90. The maximum Gasteiger partial charge on any atom is 0.164 e. The maximum atomic E-state index is 13.3. The van der Waals surface area contributed by atoms with E-state index < -0.39 is 5.82 Å². The highest BCUT2D eigenvalue weighted by Gasteiger charge is 2.04. The van der Waals surface area contributed by atoms with Gasteiger partial charge in [0.15, 0.2) is 5.82 Å². The lowest BCUT2D eigenvalue weighted by molar-refractivity contribution is 0.197. The molecule has 0 atom stereocenters. The fourth-order valence-corrected chi connectivity index (χ4v) is 1.25. The van der Waals surface area contributed by atoms with Gasteiger partial charge >= 0.3 is 0 Å². The zero-order chi connectivity index (χ0) is 10.4. The monoisotopic (exact) mass is 217 g/mol. The summed E-state index contributed by atoms with van der Waals surface area (Å²) in [6.45, 7) is 1.33. The van der Waals surface area contributed by atoms with Crippen LogP contribution in [0.15, 0.2) is 18.2 Å². The summed E-state index contributed by atoms with van der Waals surface area (Å²) in [5.41, 5.74) is 0.439. The molecule has 0 saturated heterocycles. The second-order valence-electron chi connectivity index (χ2n) is 2.87. The van der Waals surface area contributed by atoms with Gasteiger partial charge in [-0.1, -0.05) is 17.7 Å². The lowest BCUT2D eigenvalue weighted by Crippen LogP contribution is -2.06. The molecular weight excluding hydrogens is 205 g/mol. The van der Waals surface area contributed by atoms with Gasteiger partial charge in [-0.25, -0.2) is 4.39 Å². The first-order valence-electron chi connectivity index (χ1n) is 4.42.